The van der Waals surface area contributed by atoms with Gasteiger partial charge >= 0.3 is 5.97 Å². The first kappa shape index (κ1) is 21.0. The number of halogens is 3. The van der Waals surface area contributed by atoms with Crippen LogP contribution in [-0.2, 0) is 0 Å². The first-order chi connectivity index (χ1) is 14.0. The molecule has 5 nitrogen and oxygen atoms in total. The Labute approximate surface area is 182 Å². The lowest BCUT2D eigenvalue weighted by molar-refractivity contribution is 0.0730. The fourth-order valence-electron chi connectivity index (χ4n) is 2.40. The summed E-state index contributed by atoms with van der Waals surface area (Å²) in [6, 6.07) is 16.8. The SMILES string of the molecule is COc1cc(C=NNc2cccc(Cl)c2)ccc1OC(=O)c1ccc(Cl)cc1Cl. The molecule has 0 atom stereocenters. The Balaban J connectivity index is 1.72. The van der Waals surface area contributed by atoms with Crippen LogP contribution in [0.3, 0.4) is 0 Å². The summed E-state index contributed by atoms with van der Waals surface area (Å²) in [6.45, 7) is 0. The number of hydrogen-bond donors (Lipinski definition) is 1. The van der Waals surface area contributed by atoms with E-state index < -0.39 is 5.97 Å². The third-order valence-electron chi connectivity index (χ3n) is 3.77. The summed E-state index contributed by atoms with van der Waals surface area (Å²) < 4.78 is 10.7. The Kier molecular flexibility index (Phi) is 6.99. The molecule has 0 fully saturated rings. The van der Waals surface area contributed by atoms with E-state index in [9.17, 15) is 4.79 Å². The number of benzene rings is 3. The first-order valence-electron chi connectivity index (χ1n) is 8.36. The van der Waals surface area contributed by atoms with Crippen LogP contribution in [0.15, 0.2) is 65.8 Å². The van der Waals surface area contributed by atoms with Crippen molar-refractivity contribution in [1.29, 1.82) is 0 Å². The van der Waals surface area contributed by atoms with Gasteiger partial charge in [0.15, 0.2) is 11.5 Å². The fourth-order valence-corrected chi connectivity index (χ4v) is 3.07. The summed E-state index contributed by atoms with van der Waals surface area (Å²) in [7, 11) is 1.48. The Hall–Kier alpha value is -2.73. The van der Waals surface area contributed by atoms with Gasteiger partial charge in [-0.25, -0.2) is 4.79 Å². The van der Waals surface area contributed by atoms with E-state index >= 15 is 0 Å². The van der Waals surface area contributed by atoms with E-state index in [4.69, 9.17) is 44.3 Å². The average molecular weight is 450 g/mol. The third-order valence-corrected chi connectivity index (χ3v) is 4.56. The number of methoxy groups -OCH3 is 1. The highest BCUT2D eigenvalue weighted by Gasteiger charge is 2.16. The van der Waals surface area contributed by atoms with Crippen molar-refractivity contribution in [3.8, 4) is 11.5 Å². The maximum absolute atomic E-state index is 12.4. The maximum atomic E-state index is 12.4. The van der Waals surface area contributed by atoms with Crippen LogP contribution in [0.5, 0.6) is 11.5 Å². The van der Waals surface area contributed by atoms with E-state index in [1.54, 1.807) is 42.6 Å². The normalized spacial score (nSPS) is 10.8. The molecule has 148 valence electrons. The van der Waals surface area contributed by atoms with Crippen molar-refractivity contribution in [2.24, 2.45) is 5.10 Å². The van der Waals surface area contributed by atoms with E-state index in [0.717, 1.165) is 11.3 Å². The topological polar surface area (TPSA) is 59.9 Å². The van der Waals surface area contributed by atoms with E-state index in [0.29, 0.717) is 15.8 Å². The lowest BCUT2D eigenvalue weighted by atomic mass is 10.2. The van der Waals surface area contributed by atoms with Crippen LogP contribution < -0.4 is 14.9 Å². The molecule has 0 bridgehead atoms. The number of rotatable bonds is 6. The Bertz CT molecular complexity index is 1070. The molecule has 0 saturated heterocycles. The number of esters is 1. The van der Waals surface area contributed by atoms with Gasteiger partial charge in [0.1, 0.15) is 0 Å². The van der Waals surface area contributed by atoms with Gasteiger partial charge in [-0.2, -0.15) is 5.10 Å². The second kappa shape index (κ2) is 9.65. The Morgan fingerprint density at radius 2 is 1.76 bits per heavy atom. The molecule has 3 rings (SSSR count). The first-order valence-corrected chi connectivity index (χ1v) is 9.49. The number of carbonyl (C=O) groups excluding carboxylic acids is 1. The predicted octanol–water partition coefficient (Wildman–Crippen LogP) is 6.32. The summed E-state index contributed by atoms with van der Waals surface area (Å²) in [5, 5.41) is 5.41. The molecule has 29 heavy (non-hydrogen) atoms. The number of nitrogens with one attached hydrogen (secondary N) is 1. The minimum atomic E-state index is -0.617. The summed E-state index contributed by atoms with van der Waals surface area (Å²) in [6.07, 6.45) is 1.60. The maximum Gasteiger partial charge on any atom is 0.345 e. The Morgan fingerprint density at radius 1 is 0.966 bits per heavy atom. The Morgan fingerprint density at radius 3 is 2.48 bits per heavy atom. The molecule has 0 aromatic heterocycles. The second-order valence-corrected chi connectivity index (χ2v) is 7.08. The van der Waals surface area contributed by atoms with Crippen molar-refractivity contribution in [2.75, 3.05) is 12.5 Å². The van der Waals surface area contributed by atoms with Gasteiger partial charge in [0.05, 0.1) is 29.6 Å². The molecule has 0 spiro atoms. The van der Waals surface area contributed by atoms with Crippen LogP contribution in [0.1, 0.15) is 15.9 Å². The molecule has 0 radical (unpaired) electrons. The molecule has 3 aromatic rings. The summed E-state index contributed by atoms with van der Waals surface area (Å²) in [4.78, 5) is 12.4. The van der Waals surface area contributed by atoms with Gasteiger partial charge in [0.25, 0.3) is 0 Å². The largest absolute Gasteiger partial charge is 0.493 e. The third kappa shape index (κ3) is 5.64. The minimum Gasteiger partial charge on any atom is -0.493 e. The zero-order valence-corrected chi connectivity index (χ0v) is 17.4. The molecule has 8 heteroatoms. The van der Waals surface area contributed by atoms with Crippen molar-refractivity contribution in [3.63, 3.8) is 0 Å². The lowest BCUT2D eigenvalue weighted by Gasteiger charge is -2.10. The monoisotopic (exact) mass is 448 g/mol. The smallest absolute Gasteiger partial charge is 0.345 e. The molecular formula is C21H15Cl3N2O3. The van der Waals surface area contributed by atoms with Gasteiger partial charge in [0, 0.05) is 10.0 Å². The molecule has 0 unspecified atom stereocenters. The van der Waals surface area contributed by atoms with Crippen molar-refractivity contribution in [2.45, 2.75) is 0 Å². The molecule has 0 aliphatic carbocycles. The average Bonchev–Trinajstić information content (AvgIpc) is 2.69. The summed E-state index contributed by atoms with van der Waals surface area (Å²) in [5.41, 5.74) is 4.58. The van der Waals surface area contributed by atoms with Gasteiger partial charge in [0.2, 0.25) is 0 Å². The molecular weight excluding hydrogens is 435 g/mol. The van der Waals surface area contributed by atoms with Crippen molar-refractivity contribution >= 4 is 52.7 Å². The van der Waals surface area contributed by atoms with E-state index in [1.165, 1.54) is 19.2 Å². The molecule has 1 N–H and O–H groups in total. The number of hydrogen-bond acceptors (Lipinski definition) is 5. The molecule has 0 saturated carbocycles. The van der Waals surface area contributed by atoms with Crippen molar-refractivity contribution in [1.82, 2.24) is 0 Å². The quantitative estimate of drug-likeness (QED) is 0.207. The van der Waals surface area contributed by atoms with Gasteiger partial charge in [-0.1, -0.05) is 40.9 Å². The van der Waals surface area contributed by atoms with Crippen molar-refractivity contribution < 1.29 is 14.3 Å². The highest BCUT2D eigenvalue weighted by Crippen LogP contribution is 2.30. The van der Waals surface area contributed by atoms with Crippen LogP contribution in [0.25, 0.3) is 0 Å². The predicted molar refractivity (Wildman–Crippen MR) is 117 cm³/mol. The number of anilines is 1. The van der Waals surface area contributed by atoms with Crippen LogP contribution in [0.4, 0.5) is 5.69 Å². The summed E-state index contributed by atoms with van der Waals surface area (Å²) in [5.74, 6) is 0.00705. The zero-order chi connectivity index (χ0) is 20.8. The molecule has 0 heterocycles. The minimum absolute atomic E-state index is 0.203. The zero-order valence-electron chi connectivity index (χ0n) is 15.2. The number of carbonyl (C=O) groups is 1. The number of hydrazone groups is 1. The van der Waals surface area contributed by atoms with Crippen LogP contribution in [0, 0.1) is 0 Å². The lowest BCUT2D eigenvalue weighted by Crippen LogP contribution is -2.10. The van der Waals surface area contributed by atoms with E-state index in [1.807, 2.05) is 12.1 Å². The van der Waals surface area contributed by atoms with Gasteiger partial charge < -0.3 is 9.47 Å². The second-order valence-electron chi connectivity index (χ2n) is 5.80. The van der Waals surface area contributed by atoms with Crippen molar-refractivity contribution in [3.05, 3.63) is 86.9 Å². The van der Waals surface area contributed by atoms with Crippen LogP contribution in [-0.4, -0.2) is 19.3 Å². The highest BCUT2D eigenvalue weighted by atomic mass is 35.5. The van der Waals surface area contributed by atoms with Crippen LogP contribution >= 0.6 is 34.8 Å². The van der Waals surface area contributed by atoms with E-state index in [2.05, 4.69) is 10.5 Å². The fraction of sp³-hybridized carbons (Fsp3) is 0.0476. The van der Waals surface area contributed by atoms with Crippen LogP contribution in [0.2, 0.25) is 15.1 Å². The molecule has 0 aliphatic rings. The molecule has 3 aromatic carbocycles. The summed E-state index contributed by atoms with van der Waals surface area (Å²) >= 11 is 17.8. The standard InChI is InChI=1S/C21H15Cl3N2O3/c1-28-20-9-13(12-25-26-16-4-2-3-14(22)10-16)5-8-19(20)29-21(27)17-7-6-15(23)11-18(17)24/h2-12,26H,1H3. The highest BCUT2D eigenvalue weighted by molar-refractivity contribution is 6.36. The van der Waals surface area contributed by atoms with E-state index in [-0.39, 0.29) is 16.3 Å². The van der Waals surface area contributed by atoms with Gasteiger partial charge in [-0.3, -0.25) is 5.43 Å². The number of nitrogens with zero attached hydrogens (tertiary/aromatic N) is 1. The molecule has 0 amide bonds. The number of ether oxygens (including phenoxy) is 2. The van der Waals surface area contributed by atoms with Gasteiger partial charge in [-0.15, -0.1) is 0 Å². The van der Waals surface area contributed by atoms with Gasteiger partial charge in [-0.05, 0) is 60.2 Å². The molecule has 0 aliphatic heterocycles.